The number of carbonyl (C=O) groups is 1. The van der Waals surface area contributed by atoms with E-state index in [4.69, 9.17) is 4.74 Å². The fourth-order valence-electron chi connectivity index (χ4n) is 2.61. The van der Waals surface area contributed by atoms with E-state index in [1.165, 1.54) is 6.07 Å². The van der Waals surface area contributed by atoms with Crippen LogP contribution in [-0.2, 0) is 18.0 Å². The number of rotatable bonds is 6. The van der Waals surface area contributed by atoms with Crippen LogP contribution in [0.5, 0.6) is 11.5 Å². The average Bonchev–Trinajstić information content (AvgIpc) is 2.63. The third-order valence-corrected chi connectivity index (χ3v) is 3.81. The molecule has 0 aromatic heterocycles. The highest BCUT2D eigenvalue weighted by Gasteiger charge is 2.18. The van der Waals surface area contributed by atoms with Crippen molar-refractivity contribution >= 4 is 11.6 Å². The second kappa shape index (κ2) is 8.18. The molecule has 3 aromatic carbocycles. The Morgan fingerprint density at radius 3 is 2.23 bits per heavy atom. The van der Waals surface area contributed by atoms with Gasteiger partial charge in [0.1, 0.15) is 11.5 Å². The molecule has 0 bridgehead atoms. The van der Waals surface area contributed by atoms with E-state index in [0.717, 1.165) is 11.6 Å². The molecule has 0 radical (unpaired) electrons. The number of benzene rings is 3. The largest absolute Gasteiger partial charge is 0.508 e. The van der Waals surface area contributed by atoms with E-state index >= 15 is 0 Å². The van der Waals surface area contributed by atoms with Gasteiger partial charge in [-0.2, -0.15) is 0 Å². The monoisotopic (exact) mass is 349 g/mol. The number of anilines is 1. The summed E-state index contributed by atoms with van der Waals surface area (Å²) in [6.07, 6.45) is 0. The van der Waals surface area contributed by atoms with Crippen LogP contribution in [0.25, 0.3) is 0 Å². The van der Waals surface area contributed by atoms with Gasteiger partial charge in [0.2, 0.25) is 0 Å². The van der Waals surface area contributed by atoms with Crippen molar-refractivity contribution in [2.75, 3.05) is 5.32 Å². The van der Waals surface area contributed by atoms with E-state index in [1.807, 2.05) is 36.4 Å². The summed E-state index contributed by atoms with van der Waals surface area (Å²) >= 11 is 0. The van der Waals surface area contributed by atoms with Crippen LogP contribution in [0.4, 0.5) is 5.69 Å². The highest BCUT2D eigenvalue weighted by atomic mass is 16.5. The SMILES string of the molecule is O=C(Nc1ccccc1)c1c(O)cc(O)cc1COCc1ccccc1. The number of carbonyl (C=O) groups excluding carboxylic acids is 1. The summed E-state index contributed by atoms with van der Waals surface area (Å²) < 4.78 is 5.65. The molecule has 26 heavy (non-hydrogen) atoms. The van der Waals surface area contributed by atoms with Gasteiger partial charge in [0.15, 0.2) is 0 Å². The summed E-state index contributed by atoms with van der Waals surface area (Å²) in [7, 11) is 0. The van der Waals surface area contributed by atoms with Gasteiger partial charge in [-0.1, -0.05) is 48.5 Å². The van der Waals surface area contributed by atoms with Crippen LogP contribution in [0.3, 0.4) is 0 Å². The van der Waals surface area contributed by atoms with Gasteiger partial charge in [-0.05, 0) is 29.3 Å². The number of hydrogen-bond acceptors (Lipinski definition) is 4. The molecule has 5 heteroatoms. The lowest BCUT2D eigenvalue weighted by atomic mass is 10.1. The van der Waals surface area contributed by atoms with Crippen molar-refractivity contribution in [3.05, 3.63) is 89.5 Å². The molecule has 0 atom stereocenters. The Bertz CT molecular complexity index is 879. The molecule has 0 spiro atoms. The zero-order chi connectivity index (χ0) is 18.4. The van der Waals surface area contributed by atoms with Gasteiger partial charge in [0.25, 0.3) is 5.91 Å². The minimum atomic E-state index is -0.466. The number of ether oxygens (including phenoxy) is 1. The molecule has 132 valence electrons. The topological polar surface area (TPSA) is 78.8 Å². The highest BCUT2D eigenvalue weighted by molar-refractivity contribution is 6.07. The van der Waals surface area contributed by atoms with E-state index in [-0.39, 0.29) is 23.7 Å². The molecule has 0 saturated heterocycles. The lowest BCUT2D eigenvalue weighted by molar-refractivity contribution is 0.0978. The minimum Gasteiger partial charge on any atom is -0.508 e. The van der Waals surface area contributed by atoms with Gasteiger partial charge in [-0.25, -0.2) is 0 Å². The molecule has 0 heterocycles. The van der Waals surface area contributed by atoms with Gasteiger partial charge in [0, 0.05) is 11.8 Å². The lowest BCUT2D eigenvalue weighted by Gasteiger charge is -2.13. The Balaban J connectivity index is 1.77. The number of hydrogen-bond donors (Lipinski definition) is 3. The summed E-state index contributed by atoms with van der Waals surface area (Å²) in [5.41, 5.74) is 2.10. The molecule has 0 fully saturated rings. The minimum absolute atomic E-state index is 0.0778. The molecule has 0 saturated carbocycles. The smallest absolute Gasteiger partial charge is 0.259 e. The van der Waals surface area contributed by atoms with Gasteiger partial charge in [0.05, 0.1) is 18.8 Å². The van der Waals surface area contributed by atoms with E-state index in [2.05, 4.69) is 5.32 Å². The summed E-state index contributed by atoms with van der Waals surface area (Å²) in [4.78, 5) is 12.6. The lowest BCUT2D eigenvalue weighted by Crippen LogP contribution is -2.15. The van der Waals surface area contributed by atoms with E-state index in [1.54, 1.807) is 24.3 Å². The molecule has 3 aromatic rings. The second-order valence-electron chi connectivity index (χ2n) is 5.80. The first-order valence-electron chi connectivity index (χ1n) is 8.16. The molecule has 5 nitrogen and oxygen atoms in total. The maximum Gasteiger partial charge on any atom is 0.259 e. The third-order valence-electron chi connectivity index (χ3n) is 3.81. The number of nitrogens with one attached hydrogen (secondary N) is 1. The number of amides is 1. The van der Waals surface area contributed by atoms with Crippen molar-refractivity contribution in [2.45, 2.75) is 13.2 Å². The first-order chi connectivity index (χ1) is 12.6. The molecule has 0 aliphatic heterocycles. The maximum absolute atomic E-state index is 12.6. The molecule has 1 amide bonds. The quantitative estimate of drug-likeness (QED) is 0.627. The van der Waals surface area contributed by atoms with Crippen molar-refractivity contribution < 1.29 is 19.7 Å². The standard InChI is InChI=1S/C21H19NO4/c23-18-11-16(14-26-13-15-7-3-1-4-8-15)20(19(24)12-18)21(25)22-17-9-5-2-6-10-17/h1-12,23-24H,13-14H2,(H,22,25). The van der Waals surface area contributed by atoms with Crippen LogP contribution < -0.4 is 5.32 Å². The summed E-state index contributed by atoms with van der Waals surface area (Å²) in [5.74, 6) is -0.888. The molecule has 0 aliphatic rings. The molecular formula is C21H19NO4. The Kier molecular flexibility index (Phi) is 5.51. The number of aromatic hydroxyl groups is 2. The van der Waals surface area contributed by atoms with Gasteiger partial charge >= 0.3 is 0 Å². The molecule has 3 N–H and O–H groups in total. The van der Waals surface area contributed by atoms with Crippen LogP contribution in [0.1, 0.15) is 21.5 Å². The van der Waals surface area contributed by atoms with Crippen molar-refractivity contribution in [2.24, 2.45) is 0 Å². The number of phenolic OH excluding ortho intramolecular Hbond substituents is 2. The fraction of sp³-hybridized carbons (Fsp3) is 0.0952. The summed E-state index contributed by atoms with van der Waals surface area (Å²) in [6.45, 7) is 0.436. The van der Waals surface area contributed by atoms with Crippen LogP contribution in [-0.4, -0.2) is 16.1 Å². The highest BCUT2D eigenvalue weighted by Crippen LogP contribution is 2.29. The van der Waals surface area contributed by atoms with Crippen molar-refractivity contribution in [3.63, 3.8) is 0 Å². The number of para-hydroxylation sites is 1. The van der Waals surface area contributed by atoms with E-state index in [9.17, 15) is 15.0 Å². The Hall–Kier alpha value is -3.31. The zero-order valence-electron chi connectivity index (χ0n) is 14.1. The Labute approximate surface area is 151 Å². The Morgan fingerprint density at radius 2 is 1.54 bits per heavy atom. The van der Waals surface area contributed by atoms with Crippen LogP contribution in [0.2, 0.25) is 0 Å². The van der Waals surface area contributed by atoms with Gasteiger partial charge in [-0.3, -0.25) is 4.79 Å². The van der Waals surface area contributed by atoms with Crippen molar-refractivity contribution in [1.82, 2.24) is 0 Å². The Morgan fingerprint density at radius 1 is 0.885 bits per heavy atom. The van der Waals surface area contributed by atoms with Crippen molar-refractivity contribution in [1.29, 1.82) is 0 Å². The van der Waals surface area contributed by atoms with Gasteiger partial charge < -0.3 is 20.3 Å². The molecule has 0 unspecified atom stereocenters. The summed E-state index contributed by atoms with van der Waals surface area (Å²) in [5, 5.41) is 22.7. The maximum atomic E-state index is 12.6. The predicted molar refractivity (Wildman–Crippen MR) is 99.1 cm³/mol. The third kappa shape index (κ3) is 4.40. The molecule has 3 rings (SSSR count). The van der Waals surface area contributed by atoms with Crippen LogP contribution >= 0.6 is 0 Å². The predicted octanol–water partition coefficient (Wildman–Crippen LogP) is 4.07. The van der Waals surface area contributed by atoms with Crippen molar-refractivity contribution in [3.8, 4) is 11.5 Å². The van der Waals surface area contributed by atoms with E-state index < -0.39 is 5.91 Å². The average molecular weight is 349 g/mol. The second-order valence-corrected chi connectivity index (χ2v) is 5.80. The molecule has 0 aliphatic carbocycles. The fourth-order valence-corrected chi connectivity index (χ4v) is 2.61. The van der Waals surface area contributed by atoms with E-state index in [0.29, 0.717) is 17.9 Å². The zero-order valence-corrected chi connectivity index (χ0v) is 14.1. The first-order valence-corrected chi connectivity index (χ1v) is 8.16. The van der Waals surface area contributed by atoms with Gasteiger partial charge in [-0.15, -0.1) is 0 Å². The first kappa shape index (κ1) is 17.5. The summed E-state index contributed by atoms with van der Waals surface area (Å²) in [6, 6.07) is 21.1. The molecular weight excluding hydrogens is 330 g/mol. The van der Waals surface area contributed by atoms with Crippen LogP contribution in [0.15, 0.2) is 72.8 Å². The number of phenols is 2. The van der Waals surface area contributed by atoms with Crippen LogP contribution in [0, 0.1) is 0 Å². The normalized spacial score (nSPS) is 10.5.